The summed E-state index contributed by atoms with van der Waals surface area (Å²) in [6.45, 7) is 0.250. The molecule has 2 bridgehead atoms. The van der Waals surface area contributed by atoms with E-state index in [2.05, 4.69) is 4.74 Å². The van der Waals surface area contributed by atoms with E-state index in [0.717, 1.165) is 25.7 Å². The van der Waals surface area contributed by atoms with Gasteiger partial charge in [0.2, 0.25) is 0 Å². The summed E-state index contributed by atoms with van der Waals surface area (Å²) >= 11 is 0. The van der Waals surface area contributed by atoms with E-state index in [0.29, 0.717) is 11.8 Å². The maximum absolute atomic E-state index is 11.3. The predicted molar refractivity (Wildman–Crippen MR) is 41.1 cm³/mol. The molecule has 3 nitrogen and oxygen atoms in total. The number of carbonyl (C=O) groups excluding carboxylic acids is 2. The van der Waals surface area contributed by atoms with Gasteiger partial charge in [-0.15, -0.1) is 0 Å². The van der Waals surface area contributed by atoms with Crippen LogP contribution in [-0.2, 0) is 14.3 Å². The molecule has 66 valence electrons. The summed E-state index contributed by atoms with van der Waals surface area (Å²) in [7, 11) is 0. The molecule has 12 heavy (non-hydrogen) atoms. The molecule has 2 fully saturated rings. The van der Waals surface area contributed by atoms with Gasteiger partial charge in [-0.25, -0.2) is 0 Å². The first-order valence-corrected chi connectivity index (χ1v) is 4.47. The Labute approximate surface area is 71.1 Å². The van der Waals surface area contributed by atoms with Crippen molar-refractivity contribution in [1.29, 1.82) is 0 Å². The molecule has 0 radical (unpaired) electrons. The summed E-state index contributed by atoms with van der Waals surface area (Å²) in [5.74, 6) is 0.745. The molecule has 0 unspecified atom stereocenters. The number of hydrogen-bond acceptors (Lipinski definition) is 3. The Kier molecular flexibility index (Phi) is 1.87. The van der Waals surface area contributed by atoms with Crippen molar-refractivity contribution >= 4 is 12.4 Å². The lowest BCUT2D eigenvalue weighted by molar-refractivity contribution is -0.156. The Morgan fingerprint density at radius 3 is 2.08 bits per heavy atom. The molecular weight excluding hydrogens is 156 g/mol. The molecule has 0 aliphatic heterocycles. The van der Waals surface area contributed by atoms with Crippen LogP contribution in [0.2, 0.25) is 0 Å². The van der Waals surface area contributed by atoms with E-state index in [4.69, 9.17) is 0 Å². The van der Waals surface area contributed by atoms with E-state index in [9.17, 15) is 9.59 Å². The van der Waals surface area contributed by atoms with Crippen LogP contribution < -0.4 is 0 Å². The normalized spacial score (nSPS) is 38.2. The van der Waals surface area contributed by atoms with Crippen molar-refractivity contribution in [2.75, 3.05) is 0 Å². The number of fused-ring (bicyclic) bond motifs is 2. The largest absolute Gasteiger partial charge is 0.395 e. The zero-order valence-corrected chi connectivity index (χ0v) is 6.86. The van der Waals surface area contributed by atoms with Crippen LogP contribution in [0.5, 0.6) is 0 Å². The fourth-order valence-corrected chi connectivity index (χ4v) is 2.76. The summed E-state index contributed by atoms with van der Waals surface area (Å²) in [4.78, 5) is 21.2. The molecule has 3 heteroatoms. The molecule has 0 heterocycles. The fraction of sp³-hybridized carbons (Fsp3) is 0.778. The molecular formula is C9H12O3. The Bertz CT molecular complexity index is 192. The molecule has 2 saturated carbocycles. The van der Waals surface area contributed by atoms with Crippen LogP contribution in [0.1, 0.15) is 25.7 Å². The molecule has 2 aliphatic rings. The van der Waals surface area contributed by atoms with Gasteiger partial charge in [-0.2, -0.15) is 0 Å². The predicted octanol–water partition coefficient (Wildman–Crippen LogP) is 1.12. The van der Waals surface area contributed by atoms with E-state index in [1.807, 2.05) is 0 Å². The molecule has 2 rings (SSSR count). The highest BCUT2D eigenvalue weighted by atomic mass is 16.6. The van der Waals surface area contributed by atoms with Crippen molar-refractivity contribution in [3.05, 3.63) is 0 Å². The average molecular weight is 168 g/mol. The molecule has 0 amide bonds. The van der Waals surface area contributed by atoms with Crippen molar-refractivity contribution in [2.45, 2.75) is 25.7 Å². The van der Waals surface area contributed by atoms with E-state index >= 15 is 0 Å². The smallest absolute Gasteiger partial charge is 0.316 e. The van der Waals surface area contributed by atoms with Gasteiger partial charge in [0.25, 0.3) is 0 Å². The quantitative estimate of drug-likeness (QED) is 0.352. The first kappa shape index (κ1) is 7.77. The van der Waals surface area contributed by atoms with Gasteiger partial charge in [0.1, 0.15) is 0 Å². The molecule has 0 N–H and O–H groups in total. The standard InChI is InChI=1S/C9H12O3/c10-5-12-9(11)8-6-1-2-7(8)4-3-6/h5-8H,1-4H2. The maximum Gasteiger partial charge on any atom is 0.316 e. The minimum atomic E-state index is -0.296. The molecule has 0 aromatic rings. The minimum absolute atomic E-state index is 0.0372. The van der Waals surface area contributed by atoms with Crippen LogP contribution in [0.4, 0.5) is 0 Å². The molecule has 0 spiro atoms. The van der Waals surface area contributed by atoms with E-state index in [1.54, 1.807) is 0 Å². The molecule has 0 aromatic carbocycles. The van der Waals surface area contributed by atoms with Crippen LogP contribution >= 0.6 is 0 Å². The lowest BCUT2D eigenvalue weighted by Gasteiger charge is -2.10. The minimum Gasteiger partial charge on any atom is -0.395 e. The number of rotatable bonds is 2. The van der Waals surface area contributed by atoms with Crippen LogP contribution in [0, 0.1) is 17.8 Å². The fourth-order valence-electron chi connectivity index (χ4n) is 2.76. The first-order chi connectivity index (χ1) is 5.83. The lowest BCUT2D eigenvalue weighted by Crippen LogP contribution is -2.21. The van der Waals surface area contributed by atoms with Gasteiger partial charge >= 0.3 is 12.4 Å². The topological polar surface area (TPSA) is 43.4 Å². The van der Waals surface area contributed by atoms with Crippen LogP contribution in [0.3, 0.4) is 0 Å². The van der Waals surface area contributed by atoms with Crippen molar-refractivity contribution in [1.82, 2.24) is 0 Å². The second kappa shape index (κ2) is 2.88. The lowest BCUT2D eigenvalue weighted by atomic mass is 9.98. The van der Waals surface area contributed by atoms with E-state index in [-0.39, 0.29) is 18.4 Å². The van der Waals surface area contributed by atoms with Gasteiger partial charge in [0, 0.05) is 0 Å². The van der Waals surface area contributed by atoms with E-state index < -0.39 is 0 Å². The third-order valence-electron chi connectivity index (χ3n) is 3.27. The molecule has 2 aliphatic carbocycles. The molecule has 0 aromatic heterocycles. The highest BCUT2D eigenvalue weighted by Crippen LogP contribution is 2.49. The zero-order valence-electron chi connectivity index (χ0n) is 6.86. The third-order valence-corrected chi connectivity index (χ3v) is 3.27. The van der Waals surface area contributed by atoms with E-state index in [1.165, 1.54) is 0 Å². The summed E-state index contributed by atoms with van der Waals surface area (Å²) in [5, 5.41) is 0. The zero-order chi connectivity index (χ0) is 8.55. The second-order valence-corrected chi connectivity index (χ2v) is 3.73. The Balaban J connectivity index is 2.04. The van der Waals surface area contributed by atoms with Gasteiger partial charge < -0.3 is 4.74 Å². The number of carbonyl (C=O) groups is 2. The summed E-state index contributed by atoms with van der Waals surface area (Å²) in [5.41, 5.74) is 0. The second-order valence-electron chi connectivity index (χ2n) is 3.73. The van der Waals surface area contributed by atoms with Gasteiger partial charge in [-0.1, -0.05) is 0 Å². The number of hydrogen-bond donors (Lipinski definition) is 0. The summed E-state index contributed by atoms with van der Waals surface area (Å²) in [6, 6.07) is 0. The summed E-state index contributed by atoms with van der Waals surface area (Å²) < 4.78 is 4.39. The number of ether oxygens (including phenoxy) is 1. The number of esters is 1. The average Bonchev–Trinajstić information content (AvgIpc) is 2.62. The van der Waals surface area contributed by atoms with Crippen molar-refractivity contribution in [3.63, 3.8) is 0 Å². The third kappa shape index (κ3) is 1.04. The van der Waals surface area contributed by atoms with Gasteiger partial charge in [0.05, 0.1) is 5.92 Å². The molecule has 0 atom stereocenters. The van der Waals surface area contributed by atoms with Crippen molar-refractivity contribution in [3.8, 4) is 0 Å². The van der Waals surface area contributed by atoms with Crippen LogP contribution in [-0.4, -0.2) is 12.4 Å². The van der Waals surface area contributed by atoms with Crippen LogP contribution in [0.25, 0.3) is 0 Å². The monoisotopic (exact) mass is 168 g/mol. The Morgan fingerprint density at radius 1 is 1.17 bits per heavy atom. The highest BCUT2D eigenvalue weighted by Gasteiger charge is 2.46. The Morgan fingerprint density at radius 2 is 1.67 bits per heavy atom. The van der Waals surface area contributed by atoms with Crippen molar-refractivity contribution in [2.24, 2.45) is 17.8 Å². The maximum atomic E-state index is 11.3. The van der Waals surface area contributed by atoms with Gasteiger partial charge in [0.15, 0.2) is 0 Å². The SMILES string of the molecule is O=COC(=O)C1C2CCC1CC2. The van der Waals surface area contributed by atoms with Crippen molar-refractivity contribution < 1.29 is 14.3 Å². The first-order valence-electron chi connectivity index (χ1n) is 4.47. The van der Waals surface area contributed by atoms with Crippen LogP contribution in [0.15, 0.2) is 0 Å². The van der Waals surface area contributed by atoms with Gasteiger partial charge in [-0.3, -0.25) is 9.59 Å². The Hall–Kier alpha value is -0.860. The molecule has 0 saturated heterocycles. The highest BCUT2D eigenvalue weighted by molar-refractivity contribution is 5.79. The summed E-state index contributed by atoms with van der Waals surface area (Å²) in [6.07, 6.45) is 4.57. The van der Waals surface area contributed by atoms with Gasteiger partial charge in [-0.05, 0) is 37.5 Å².